The Hall–Kier alpha value is -2.43. The average molecular weight is 379 g/mol. The van der Waals surface area contributed by atoms with Crippen molar-refractivity contribution < 1.29 is 4.79 Å². The molecule has 0 unspecified atom stereocenters. The van der Waals surface area contributed by atoms with Gasteiger partial charge in [-0.15, -0.1) is 11.3 Å². The molecule has 0 saturated carbocycles. The predicted octanol–water partition coefficient (Wildman–Crippen LogP) is 4.61. The van der Waals surface area contributed by atoms with E-state index in [1.165, 1.54) is 21.6 Å². The number of thiophene rings is 1. The molecule has 3 nitrogen and oxygen atoms in total. The second-order valence-electron chi connectivity index (χ2n) is 6.63. The van der Waals surface area contributed by atoms with E-state index in [1.54, 1.807) is 11.3 Å². The van der Waals surface area contributed by atoms with E-state index < -0.39 is 0 Å². The van der Waals surface area contributed by atoms with Crippen molar-refractivity contribution in [1.82, 2.24) is 10.6 Å². The number of aryl methyl sites for hydroxylation is 2. The Labute approximate surface area is 165 Å². The highest BCUT2D eigenvalue weighted by molar-refractivity contribution is 7.10. The van der Waals surface area contributed by atoms with Crippen LogP contribution in [0.1, 0.15) is 40.1 Å². The normalized spacial score (nSPS) is 11.9. The van der Waals surface area contributed by atoms with Crippen LogP contribution in [0.2, 0.25) is 0 Å². The minimum absolute atomic E-state index is 0.00462. The van der Waals surface area contributed by atoms with Gasteiger partial charge < -0.3 is 5.32 Å². The Kier molecular flexibility index (Phi) is 6.80. The van der Waals surface area contributed by atoms with Gasteiger partial charge in [-0.3, -0.25) is 10.1 Å². The van der Waals surface area contributed by atoms with E-state index >= 15 is 0 Å². The molecule has 27 heavy (non-hydrogen) atoms. The molecule has 140 valence electrons. The first-order valence-corrected chi connectivity index (χ1v) is 10.2. The minimum Gasteiger partial charge on any atom is -0.351 e. The predicted molar refractivity (Wildman–Crippen MR) is 113 cm³/mol. The van der Waals surface area contributed by atoms with Gasteiger partial charge in [0.2, 0.25) is 5.91 Å². The molecule has 1 heterocycles. The summed E-state index contributed by atoms with van der Waals surface area (Å²) in [4.78, 5) is 13.6. The smallest absolute Gasteiger partial charge is 0.234 e. The fourth-order valence-corrected chi connectivity index (χ4v) is 3.87. The lowest BCUT2D eigenvalue weighted by Gasteiger charge is -2.18. The van der Waals surface area contributed by atoms with Crippen molar-refractivity contribution in [2.24, 2.45) is 0 Å². The summed E-state index contributed by atoms with van der Waals surface area (Å²) in [6.07, 6.45) is 1.03. The van der Waals surface area contributed by atoms with Crippen LogP contribution in [0.5, 0.6) is 0 Å². The third-order valence-corrected chi connectivity index (χ3v) is 5.69. The first-order valence-electron chi connectivity index (χ1n) is 9.34. The Morgan fingerprint density at radius 2 is 1.81 bits per heavy atom. The van der Waals surface area contributed by atoms with E-state index in [-0.39, 0.29) is 18.5 Å². The number of carbonyl (C=O) groups is 1. The average Bonchev–Trinajstić information content (AvgIpc) is 3.22. The van der Waals surface area contributed by atoms with Gasteiger partial charge in [-0.25, -0.2) is 0 Å². The zero-order valence-corrected chi connectivity index (χ0v) is 16.7. The monoisotopic (exact) mass is 378 g/mol. The van der Waals surface area contributed by atoms with Crippen molar-refractivity contribution in [2.75, 3.05) is 6.54 Å². The number of benzene rings is 2. The Morgan fingerprint density at radius 3 is 2.48 bits per heavy atom. The zero-order chi connectivity index (χ0) is 19.1. The molecule has 0 saturated heterocycles. The molecule has 0 aliphatic carbocycles. The van der Waals surface area contributed by atoms with Crippen LogP contribution >= 0.6 is 11.3 Å². The lowest BCUT2D eigenvalue weighted by Crippen LogP contribution is -2.35. The molecule has 3 aromatic rings. The zero-order valence-electron chi connectivity index (χ0n) is 15.9. The lowest BCUT2D eigenvalue weighted by atomic mass is 10.0. The summed E-state index contributed by atoms with van der Waals surface area (Å²) in [6.45, 7) is 5.06. The van der Waals surface area contributed by atoms with Gasteiger partial charge in [0.25, 0.3) is 0 Å². The van der Waals surface area contributed by atoms with Gasteiger partial charge in [0.1, 0.15) is 0 Å². The van der Waals surface area contributed by atoms with Crippen LogP contribution in [-0.2, 0) is 17.8 Å². The van der Waals surface area contributed by atoms with Crippen molar-refractivity contribution >= 4 is 17.2 Å². The molecule has 0 bridgehead atoms. The highest BCUT2D eigenvalue weighted by Gasteiger charge is 2.16. The molecule has 2 N–H and O–H groups in total. The maximum Gasteiger partial charge on any atom is 0.234 e. The minimum atomic E-state index is 0.00462. The molecule has 0 aliphatic heterocycles. The summed E-state index contributed by atoms with van der Waals surface area (Å²) >= 11 is 1.71. The molecule has 1 aromatic heterocycles. The van der Waals surface area contributed by atoms with E-state index in [0.717, 1.165) is 12.0 Å². The van der Waals surface area contributed by atoms with E-state index in [0.29, 0.717) is 6.54 Å². The van der Waals surface area contributed by atoms with Crippen molar-refractivity contribution in [3.05, 3.63) is 93.2 Å². The van der Waals surface area contributed by atoms with Crippen molar-refractivity contribution in [2.45, 2.75) is 32.9 Å². The molecule has 3 rings (SSSR count). The van der Waals surface area contributed by atoms with Crippen LogP contribution in [-0.4, -0.2) is 12.5 Å². The van der Waals surface area contributed by atoms with Crippen LogP contribution in [0.25, 0.3) is 0 Å². The topological polar surface area (TPSA) is 41.1 Å². The quantitative estimate of drug-likeness (QED) is 0.601. The SMILES string of the molecule is CCc1ccc([C@@H](NCC(=O)NCc2ccccc2C)c2cccs2)cc1. The number of carbonyl (C=O) groups excluding carboxylic acids is 1. The second-order valence-corrected chi connectivity index (χ2v) is 7.61. The molecule has 2 aromatic carbocycles. The first-order chi connectivity index (χ1) is 13.2. The largest absolute Gasteiger partial charge is 0.351 e. The summed E-state index contributed by atoms with van der Waals surface area (Å²) in [5.74, 6) is 0.00462. The highest BCUT2D eigenvalue weighted by atomic mass is 32.1. The molecular weight excluding hydrogens is 352 g/mol. The lowest BCUT2D eigenvalue weighted by molar-refractivity contribution is -0.120. The number of nitrogens with one attached hydrogen (secondary N) is 2. The summed E-state index contributed by atoms with van der Waals surface area (Å²) in [7, 11) is 0. The van der Waals surface area contributed by atoms with Gasteiger partial charge in [0.15, 0.2) is 0 Å². The summed E-state index contributed by atoms with van der Waals surface area (Å²) in [6, 6.07) is 20.9. The standard InChI is InChI=1S/C23H26N2OS/c1-3-18-10-12-19(13-11-18)23(21-9-6-14-27-21)25-16-22(26)24-15-20-8-5-4-7-17(20)2/h4-14,23,25H,3,15-16H2,1-2H3,(H,24,26)/t23-/m1/s1. The van der Waals surface area contributed by atoms with Crippen LogP contribution in [0.15, 0.2) is 66.0 Å². The van der Waals surface area contributed by atoms with Crippen LogP contribution in [0.4, 0.5) is 0 Å². The van der Waals surface area contributed by atoms with Crippen molar-refractivity contribution in [3.63, 3.8) is 0 Å². The number of amides is 1. The maximum atomic E-state index is 12.4. The second kappa shape index (κ2) is 9.49. The van der Waals surface area contributed by atoms with E-state index in [4.69, 9.17) is 0 Å². The summed E-state index contributed by atoms with van der Waals surface area (Å²) in [5.41, 5.74) is 4.84. The number of rotatable bonds is 8. The fraction of sp³-hybridized carbons (Fsp3) is 0.261. The molecule has 1 amide bonds. The molecule has 0 fully saturated rings. The molecule has 1 atom stereocenters. The number of hydrogen-bond acceptors (Lipinski definition) is 3. The third kappa shape index (κ3) is 5.28. The van der Waals surface area contributed by atoms with E-state index in [2.05, 4.69) is 66.3 Å². The molecule has 0 radical (unpaired) electrons. The van der Waals surface area contributed by atoms with Gasteiger partial charge in [0.05, 0.1) is 12.6 Å². The maximum absolute atomic E-state index is 12.4. The molecular formula is C23H26N2OS. The number of hydrogen-bond donors (Lipinski definition) is 2. The summed E-state index contributed by atoms with van der Waals surface area (Å²) in [5, 5.41) is 8.51. The molecule has 0 spiro atoms. The molecule has 4 heteroatoms. The van der Waals surface area contributed by atoms with Crippen molar-refractivity contribution in [3.8, 4) is 0 Å². The van der Waals surface area contributed by atoms with Gasteiger partial charge in [-0.1, -0.05) is 61.5 Å². The van der Waals surface area contributed by atoms with Gasteiger partial charge in [-0.05, 0) is 47.0 Å². The Morgan fingerprint density at radius 1 is 1.04 bits per heavy atom. The fourth-order valence-electron chi connectivity index (χ4n) is 3.04. The Bertz CT molecular complexity index is 856. The van der Waals surface area contributed by atoms with Crippen LogP contribution < -0.4 is 10.6 Å². The van der Waals surface area contributed by atoms with Crippen LogP contribution in [0, 0.1) is 6.92 Å². The van der Waals surface area contributed by atoms with Gasteiger partial charge in [0, 0.05) is 11.4 Å². The third-order valence-electron chi connectivity index (χ3n) is 4.75. The van der Waals surface area contributed by atoms with E-state index in [1.807, 2.05) is 24.3 Å². The van der Waals surface area contributed by atoms with Gasteiger partial charge in [-0.2, -0.15) is 0 Å². The highest BCUT2D eigenvalue weighted by Crippen LogP contribution is 2.26. The van der Waals surface area contributed by atoms with E-state index in [9.17, 15) is 4.79 Å². The summed E-state index contributed by atoms with van der Waals surface area (Å²) < 4.78 is 0. The van der Waals surface area contributed by atoms with Crippen LogP contribution in [0.3, 0.4) is 0 Å². The Balaban J connectivity index is 1.62. The molecule has 0 aliphatic rings. The van der Waals surface area contributed by atoms with Gasteiger partial charge >= 0.3 is 0 Å². The first kappa shape index (κ1) is 19.3. The van der Waals surface area contributed by atoms with Crippen molar-refractivity contribution in [1.29, 1.82) is 0 Å².